The van der Waals surface area contributed by atoms with E-state index in [0.29, 0.717) is 28.8 Å². The van der Waals surface area contributed by atoms with Crippen molar-refractivity contribution in [2.45, 2.75) is 18.9 Å². The Hall–Kier alpha value is -1.26. The van der Waals surface area contributed by atoms with E-state index in [-0.39, 0.29) is 6.10 Å². The minimum Gasteiger partial charge on any atom is -0.490 e. The molecule has 0 spiro atoms. The molecule has 1 aliphatic carbocycles. The lowest BCUT2D eigenvalue weighted by Crippen LogP contribution is -2.38. The molecule has 0 radical (unpaired) electrons. The molecule has 0 aliphatic heterocycles. The van der Waals surface area contributed by atoms with E-state index >= 15 is 0 Å². The number of halogens is 1. The second kappa shape index (κ2) is 4.94. The third-order valence-electron chi connectivity index (χ3n) is 3.03. The summed E-state index contributed by atoms with van der Waals surface area (Å²) in [5.41, 5.74) is 11.1. The summed E-state index contributed by atoms with van der Waals surface area (Å²) >= 11 is 5.81. The number of primary amides is 1. The highest BCUT2D eigenvalue weighted by Crippen LogP contribution is 2.32. The Morgan fingerprint density at radius 3 is 2.76 bits per heavy atom. The average Bonchev–Trinajstić information content (AvgIpc) is 2.24. The molecule has 2 rings (SSSR count). The zero-order valence-corrected chi connectivity index (χ0v) is 10.1. The molecule has 1 fully saturated rings. The van der Waals surface area contributed by atoms with Crippen molar-refractivity contribution in [2.24, 2.45) is 17.4 Å². The van der Waals surface area contributed by atoms with Crippen LogP contribution in [0.25, 0.3) is 0 Å². The third kappa shape index (κ3) is 2.70. The van der Waals surface area contributed by atoms with Crippen LogP contribution in [0.15, 0.2) is 18.2 Å². The Labute approximate surface area is 105 Å². The summed E-state index contributed by atoms with van der Waals surface area (Å²) in [7, 11) is 0. The van der Waals surface area contributed by atoms with Gasteiger partial charge in [-0.2, -0.15) is 0 Å². The minimum atomic E-state index is -0.530. The van der Waals surface area contributed by atoms with E-state index in [1.807, 2.05) is 0 Å². The summed E-state index contributed by atoms with van der Waals surface area (Å²) in [5.74, 6) is 0.504. The van der Waals surface area contributed by atoms with Gasteiger partial charge in [-0.15, -0.1) is 0 Å². The molecule has 0 unspecified atom stereocenters. The molecule has 0 atom stereocenters. The summed E-state index contributed by atoms with van der Waals surface area (Å²) in [6.45, 7) is 0.684. The third-order valence-corrected chi connectivity index (χ3v) is 3.26. The zero-order chi connectivity index (χ0) is 12.4. The lowest BCUT2D eigenvalue weighted by molar-refractivity contribution is 0.0674. The van der Waals surface area contributed by atoms with E-state index in [4.69, 9.17) is 27.8 Å². The van der Waals surface area contributed by atoms with Crippen LogP contribution in [0, 0.1) is 5.92 Å². The maximum atomic E-state index is 11.2. The van der Waals surface area contributed by atoms with E-state index in [1.54, 1.807) is 12.1 Å². The molecule has 1 amide bonds. The van der Waals surface area contributed by atoms with Gasteiger partial charge in [-0.25, -0.2) is 0 Å². The van der Waals surface area contributed by atoms with Gasteiger partial charge in [-0.05, 0) is 43.5 Å². The van der Waals surface area contributed by atoms with E-state index < -0.39 is 5.91 Å². The van der Waals surface area contributed by atoms with Crippen LogP contribution in [0.5, 0.6) is 5.75 Å². The smallest absolute Gasteiger partial charge is 0.252 e. The lowest BCUT2D eigenvalue weighted by atomic mass is 9.82. The first-order chi connectivity index (χ1) is 8.10. The van der Waals surface area contributed by atoms with Gasteiger partial charge in [0.25, 0.3) is 5.91 Å². The Morgan fingerprint density at radius 1 is 1.47 bits per heavy atom. The number of amides is 1. The van der Waals surface area contributed by atoms with Crippen LogP contribution in [0.2, 0.25) is 5.02 Å². The van der Waals surface area contributed by atoms with Gasteiger partial charge in [0.2, 0.25) is 0 Å². The van der Waals surface area contributed by atoms with Crippen LogP contribution >= 0.6 is 11.6 Å². The number of carbonyl (C=O) groups excluding carboxylic acids is 1. The first-order valence-corrected chi connectivity index (χ1v) is 5.94. The number of ether oxygens (including phenoxy) is 1. The Bertz CT molecular complexity index is 431. The molecule has 0 saturated heterocycles. The summed E-state index contributed by atoms with van der Waals surface area (Å²) < 4.78 is 5.71. The summed E-state index contributed by atoms with van der Waals surface area (Å²) in [6.07, 6.45) is 1.98. The van der Waals surface area contributed by atoms with Crippen LogP contribution in [0.3, 0.4) is 0 Å². The number of hydrogen-bond donors (Lipinski definition) is 2. The van der Waals surface area contributed by atoms with Crippen molar-refractivity contribution in [2.75, 3.05) is 6.54 Å². The van der Waals surface area contributed by atoms with Crippen molar-refractivity contribution >= 4 is 17.5 Å². The SMILES string of the molecule is NCC1CC(Oc2ccc(Cl)cc2C(N)=O)C1. The minimum absolute atomic E-state index is 0.128. The zero-order valence-electron chi connectivity index (χ0n) is 9.36. The van der Waals surface area contributed by atoms with Gasteiger partial charge in [0.15, 0.2) is 0 Å². The number of hydrogen-bond acceptors (Lipinski definition) is 3. The van der Waals surface area contributed by atoms with Gasteiger partial charge in [-0.1, -0.05) is 11.6 Å². The standard InChI is InChI=1S/C12H15ClN2O2/c13-8-1-2-11(10(5-8)12(15)16)17-9-3-7(4-9)6-14/h1-2,5,7,9H,3-4,6,14H2,(H2,15,16). The van der Waals surface area contributed by atoms with Crippen LogP contribution in [0.4, 0.5) is 0 Å². The van der Waals surface area contributed by atoms with Crippen molar-refractivity contribution < 1.29 is 9.53 Å². The first kappa shape index (κ1) is 12.2. The molecular weight excluding hydrogens is 240 g/mol. The Balaban J connectivity index is 2.08. The number of carbonyl (C=O) groups is 1. The fraction of sp³-hybridized carbons (Fsp3) is 0.417. The van der Waals surface area contributed by atoms with E-state index in [0.717, 1.165) is 12.8 Å². The van der Waals surface area contributed by atoms with E-state index in [9.17, 15) is 4.79 Å². The average molecular weight is 255 g/mol. The van der Waals surface area contributed by atoms with Crippen LogP contribution < -0.4 is 16.2 Å². The van der Waals surface area contributed by atoms with Crippen LogP contribution in [0.1, 0.15) is 23.2 Å². The molecule has 1 aromatic carbocycles. The van der Waals surface area contributed by atoms with Gasteiger partial charge in [0.1, 0.15) is 5.75 Å². The van der Waals surface area contributed by atoms with Crippen LogP contribution in [-0.2, 0) is 0 Å². The number of rotatable bonds is 4. The van der Waals surface area contributed by atoms with Crippen LogP contribution in [-0.4, -0.2) is 18.6 Å². The van der Waals surface area contributed by atoms with Gasteiger partial charge >= 0.3 is 0 Å². The number of nitrogens with two attached hydrogens (primary N) is 2. The quantitative estimate of drug-likeness (QED) is 0.856. The summed E-state index contributed by atoms with van der Waals surface area (Å²) in [4.78, 5) is 11.2. The van der Waals surface area contributed by atoms with Crippen molar-refractivity contribution in [3.63, 3.8) is 0 Å². The van der Waals surface area contributed by atoms with Crippen molar-refractivity contribution in [1.29, 1.82) is 0 Å². The molecule has 1 aliphatic rings. The highest BCUT2D eigenvalue weighted by molar-refractivity contribution is 6.31. The van der Waals surface area contributed by atoms with Crippen molar-refractivity contribution in [1.82, 2.24) is 0 Å². The Kier molecular flexibility index (Phi) is 3.54. The van der Waals surface area contributed by atoms with Crippen molar-refractivity contribution in [3.05, 3.63) is 28.8 Å². The molecule has 5 heteroatoms. The maximum Gasteiger partial charge on any atom is 0.252 e. The summed E-state index contributed by atoms with van der Waals surface area (Å²) in [6, 6.07) is 4.89. The molecule has 4 nitrogen and oxygen atoms in total. The molecule has 17 heavy (non-hydrogen) atoms. The monoisotopic (exact) mass is 254 g/mol. The van der Waals surface area contributed by atoms with Gasteiger partial charge in [-0.3, -0.25) is 4.79 Å². The molecule has 1 saturated carbocycles. The normalized spacial score (nSPS) is 22.9. The highest BCUT2D eigenvalue weighted by atomic mass is 35.5. The highest BCUT2D eigenvalue weighted by Gasteiger charge is 2.30. The molecule has 0 aromatic heterocycles. The topological polar surface area (TPSA) is 78.3 Å². The largest absolute Gasteiger partial charge is 0.490 e. The van der Waals surface area contributed by atoms with Gasteiger partial charge in [0, 0.05) is 5.02 Å². The molecule has 0 bridgehead atoms. The molecule has 0 heterocycles. The number of benzene rings is 1. The predicted molar refractivity (Wildman–Crippen MR) is 66.2 cm³/mol. The molecule has 92 valence electrons. The Morgan fingerprint density at radius 2 is 2.18 bits per heavy atom. The van der Waals surface area contributed by atoms with E-state index in [1.165, 1.54) is 6.07 Å². The fourth-order valence-corrected chi connectivity index (χ4v) is 2.11. The lowest BCUT2D eigenvalue weighted by Gasteiger charge is -2.34. The first-order valence-electron chi connectivity index (χ1n) is 5.56. The molecular formula is C12H15ClN2O2. The van der Waals surface area contributed by atoms with E-state index in [2.05, 4.69) is 0 Å². The maximum absolute atomic E-state index is 11.2. The molecule has 4 N–H and O–H groups in total. The van der Waals surface area contributed by atoms with Crippen molar-refractivity contribution in [3.8, 4) is 5.75 Å². The molecule has 1 aromatic rings. The van der Waals surface area contributed by atoms with Gasteiger partial charge < -0.3 is 16.2 Å². The second-order valence-corrected chi connectivity index (χ2v) is 4.75. The second-order valence-electron chi connectivity index (χ2n) is 4.32. The van der Waals surface area contributed by atoms with Gasteiger partial charge in [0.05, 0.1) is 11.7 Å². The summed E-state index contributed by atoms with van der Waals surface area (Å²) in [5, 5.41) is 0.472. The fourth-order valence-electron chi connectivity index (χ4n) is 1.94. The predicted octanol–water partition coefficient (Wildman–Crippen LogP) is 1.55.